The van der Waals surface area contributed by atoms with E-state index in [2.05, 4.69) is 4.90 Å². The SMILES string of the molecule is Cc1ccc2c(c1)C=C(CN1CCCCC1)S2(=O)=O. The molecule has 102 valence electrons. The molecule has 0 N–H and O–H groups in total. The summed E-state index contributed by atoms with van der Waals surface area (Å²) < 4.78 is 24.9. The molecule has 0 amide bonds. The number of fused-ring (bicyclic) bond motifs is 1. The van der Waals surface area contributed by atoms with Crippen molar-refractivity contribution in [2.45, 2.75) is 31.1 Å². The first-order valence-corrected chi connectivity index (χ1v) is 8.34. The predicted octanol–water partition coefficient (Wildman–Crippen LogP) is 2.61. The van der Waals surface area contributed by atoms with Crippen molar-refractivity contribution in [3.05, 3.63) is 34.2 Å². The minimum Gasteiger partial charge on any atom is -0.298 e. The maximum atomic E-state index is 12.5. The van der Waals surface area contributed by atoms with Crippen LogP contribution >= 0.6 is 0 Å². The summed E-state index contributed by atoms with van der Waals surface area (Å²) in [6.45, 7) is 4.59. The number of hydrogen-bond acceptors (Lipinski definition) is 3. The lowest BCUT2D eigenvalue weighted by Gasteiger charge is -2.26. The Morgan fingerprint density at radius 2 is 1.89 bits per heavy atom. The Bertz CT molecular complexity index is 626. The third-order valence-electron chi connectivity index (χ3n) is 3.94. The van der Waals surface area contributed by atoms with Crippen LogP contribution in [0.4, 0.5) is 0 Å². The van der Waals surface area contributed by atoms with Gasteiger partial charge in [-0.05, 0) is 50.6 Å². The van der Waals surface area contributed by atoms with Crippen molar-refractivity contribution in [3.8, 4) is 0 Å². The third kappa shape index (κ3) is 2.35. The van der Waals surface area contributed by atoms with E-state index in [9.17, 15) is 8.42 Å². The molecule has 1 fully saturated rings. The maximum Gasteiger partial charge on any atom is 0.204 e. The van der Waals surface area contributed by atoms with Gasteiger partial charge in [0.2, 0.25) is 9.84 Å². The Balaban J connectivity index is 1.89. The third-order valence-corrected chi connectivity index (χ3v) is 5.83. The molecule has 0 spiro atoms. The second-order valence-corrected chi connectivity index (χ2v) is 7.46. The maximum absolute atomic E-state index is 12.5. The fraction of sp³-hybridized carbons (Fsp3) is 0.467. The van der Waals surface area contributed by atoms with Gasteiger partial charge in [-0.2, -0.15) is 0 Å². The van der Waals surface area contributed by atoms with Crippen LogP contribution in [0.2, 0.25) is 0 Å². The summed E-state index contributed by atoms with van der Waals surface area (Å²) in [6.07, 6.45) is 5.48. The molecule has 2 aliphatic heterocycles. The number of likely N-dealkylation sites (tertiary alicyclic amines) is 1. The Kier molecular flexibility index (Phi) is 3.23. The van der Waals surface area contributed by atoms with Gasteiger partial charge >= 0.3 is 0 Å². The molecular weight excluding hydrogens is 258 g/mol. The van der Waals surface area contributed by atoms with Gasteiger partial charge in [-0.15, -0.1) is 0 Å². The van der Waals surface area contributed by atoms with Crippen LogP contribution in [0.3, 0.4) is 0 Å². The minimum atomic E-state index is -3.24. The van der Waals surface area contributed by atoms with Gasteiger partial charge in [-0.3, -0.25) is 4.90 Å². The van der Waals surface area contributed by atoms with Crippen LogP contribution in [0, 0.1) is 6.92 Å². The first kappa shape index (κ1) is 12.9. The van der Waals surface area contributed by atoms with E-state index in [1.165, 1.54) is 19.3 Å². The lowest BCUT2D eigenvalue weighted by Crippen LogP contribution is -2.32. The standard InChI is InChI=1S/C15H19NO2S/c1-12-5-6-15-13(9-12)10-14(19(15,17)18)11-16-7-3-2-4-8-16/h5-6,9-10H,2-4,7-8,11H2,1H3. The van der Waals surface area contributed by atoms with Crippen molar-refractivity contribution >= 4 is 15.9 Å². The zero-order valence-corrected chi connectivity index (χ0v) is 12.0. The number of sulfone groups is 1. The Hall–Kier alpha value is -1.13. The molecule has 0 saturated carbocycles. The summed E-state index contributed by atoms with van der Waals surface area (Å²) in [6, 6.07) is 5.56. The molecule has 0 unspecified atom stereocenters. The number of rotatable bonds is 2. The number of hydrogen-bond donors (Lipinski definition) is 0. The van der Waals surface area contributed by atoms with Gasteiger partial charge in [0, 0.05) is 6.54 Å². The van der Waals surface area contributed by atoms with Gasteiger partial charge in [0.1, 0.15) is 0 Å². The smallest absolute Gasteiger partial charge is 0.204 e. The largest absolute Gasteiger partial charge is 0.298 e. The zero-order chi connectivity index (χ0) is 13.5. The highest BCUT2D eigenvalue weighted by molar-refractivity contribution is 7.95. The number of nitrogens with zero attached hydrogens (tertiary/aromatic N) is 1. The van der Waals surface area contributed by atoms with Crippen molar-refractivity contribution in [3.63, 3.8) is 0 Å². The van der Waals surface area contributed by atoms with Gasteiger partial charge in [-0.1, -0.05) is 24.1 Å². The molecule has 1 saturated heterocycles. The fourth-order valence-electron chi connectivity index (χ4n) is 2.89. The van der Waals surface area contributed by atoms with E-state index in [4.69, 9.17) is 0 Å². The number of piperidine rings is 1. The van der Waals surface area contributed by atoms with Crippen molar-refractivity contribution in [2.24, 2.45) is 0 Å². The van der Waals surface area contributed by atoms with Crippen molar-refractivity contribution in [1.29, 1.82) is 0 Å². The summed E-state index contributed by atoms with van der Waals surface area (Å²) in [5, 5.41) is 0. The van der Waals surface area contributed by atoms with Crippen LogP contribution in [0.25, 0.3) is 6.08 Å². The van der Waals surface area contributed by atoms with Crippen LogP contribution in [0.5, 0.6) is 0 Å². The van der Waals surface area contributed by atoms with E-state index >= 15 is 0 Å². The second-order valence-electron chi connectivity index (χ2n) is 5.49. The highest BCUT2D eigenvalue weighted by Gasteiger charge is 2.30. The van der Waals surface area contributed by atoms with Gasteiger partial charge in [-0.25, -0.2) is 8.42 Å². The van der Waals surface area contributed by atoms with Gasteiger partial charge in [0.05, 0.1) is 9.80 Å². The molecule has 0 aliphatic carbocycles. The molecular formula is C15H19NO2S. The summed E-state index contributed by atoms with van der Waals surface area (Å²) in [4.78, 5) is 3.30. The summed E-state index contributed by atoms with van der Waals surface area (Å²) in [5.41, 5.74) is 1.96. The summed E-state index contributed by atoms with van der Waals surface area (Å²) >= 11 is 0. The average molecular weight is 277 g/mol. The van der Waals surface area contributed by atoms with Gasteiger partial charge in [0.25, 0.3) is 0 Å². The Morgan fingerprint density at radius 3 is 2.63 bits per heavy atom. The molecule has 0 aromatic heterocycles. The molecule has 2 heterocycles. The van der Waals surface area contributed by atoms with Crippen molar-refractivity contribution < 1.29 is 8.42 Å². The zero-order valence-electron chi connectivity index (χ0n) is 11.2. The molecule has 3 nitrogen and oxygen atoms in total. The Morgan fingerprint density at radius 1 is 1.16 bits per heavy atom. The highest BCUT2D eigenvalue weighted by atomic mass is 32.2. The van der Waals surface area contributed by atoms with Gasteiger partial charge in [0.15, 0.2) is 0 Å². The molecule has 2 aliphatic rings. The lowest BCUT2D eigenvalue weighted by molar-refractivity contribution is 0.250. The molecule has 0 bridgehead atoms. The topological polar surface area (TPSA) is 37.4 Å². The van der Waals surface area contributed by atoms with E-state index in [1.807, 2.05) is 25.1 Å². The van der Waals surface area contributed by atoms with E-state index in [0.717, 1.165) is 24.2 Å². The van der Waals surface area contributed by atoms with Crippen LogP contribution in [0.1, 0.15) is 30.4 Å². The first-order chi connectivity index (χ1) is 9.07. The first-order valence-electron chi connectivity index (χ1n) is 6.86. The van der Waals surface area contributed by atoms with Crippen LogP contribution < -0.4 is 0 Å². The summed E-state index contributed by atoms with van der Waals surface area (Å²) in [5.74, 6) is 0. The van der Waals surface area contributed by atoms with E-state index in [0.29, 0.717) is 16.3 Å². The fourth-order valence-corrected chi connectivity index (χ4v) is 4.48. The molecule has 0 atom stereocenters. The average Bonchev–Trinajstić information content (AvgIpc) is 2.62. The normalized spacial score (nSPS) is 22.1. The molecule has 0 radical (unpaired) electrons. The monoisotopic (exact) mass is 277 g/mol. The quantitative estimate of drug-likeness (QED) is 0.834. The minimum absolute atomic E-state index is 0.477. The lowest BCUT2D eigenvalue weighted by atomic mass is 10.1. The molecule has 4 heteroatoms. The van der Waals surface area contributed by atoms with Crippen LogP contribution in [0.15, 0.2) is 28.0 Å². The van der Waals surface area contributed by atoms with Crippen LogP contribution in [-0.2, 0) is 9.84 Å². The second kappa shape index (κ2) is 4.76. The van der Waals surface area contributed by atoms with E-state index in [1.54, 1.807) is 6.07 Å². The summed E-state index contributed by atoms with van der Waals surface area (Å²) in [7, 11) is -3.24. The highest BCUT2D eigenvalue weighted by Crippen LogP contribution is 2.34. The van der Waals surface area contributed by atoms with Crippen molar-refractivity contribution in [2.75, 3.05) is 19.6 Å². The predicted molar refractivity (Wildman–Crippen MR) is 76.6 cm³/mol. The molecule has 19 heavy (non-hydrogen) atoms. The van der Waals surface area contributed by atoms with Crippen LogP contribution in [-0.4, -0.2) is 33.0 Å². The molecule has 3 rings (SSSR count). The van der Waals surface area contributed by atoms with Crippen molar-refractivity contribution in [1.82, 2.24) is 4.90 Å². The molecule has 1 aromatic carbocycles. The Labute approximate surface area is 114 Å². The number of benzene rings is 1. The number of aryl methyl sites for hydroxylation is 1. The van der Waals surface area contributed by atoms with E-state index < -0.39 is 9.84 Å². The molecule has 1 aromatic rings. The van der Waals surface area contributed by atoms with E-state index in [-0.39, 0.29) is 0 Å². The van der Waals surface area contributed by atoms with Gasteiger partial charge < -0.3 is 0 Å².